The zero-order chi connectivity index (χ0) is 39.5. The van der Waals surface area contributed by atoms with Crippen molar-refractivity contribution >= 4 is 23.4 Å². The lowest BCUT2D eigenvalue weighted by molar-refractivity contribution is 0.0375. The van der Waals surface area contributed by atoms with Gasteiger partial charge in [-0.2, -0.15) is 5.10 Å². The van der Waals surface area contributed by atoms with Crippen molar-refractivity contribution < 1.29 is 19.0 Å². The van der Waals surface area contributed by atoms with Crippen LogP contribution >= 0.6 is 0 Å². The van der Waals surface area contributed by atoms with Crippen LogP contribution in [-0.2, 0) is 10.2 Å². The number of urea groups is 1. The molecule has 5 heterocycles. The number of likely N-dealkylation sites (tertiary alicyclic amines) is 1. The van der Waals surface area contributed by atoms with Crippen molar-refractivity contribution in [2.45, 2.75) is 102 Å². The van der Waals surface area contributed by atoms with E-state index in [9.17, 15) is 4.79 Å². The normalized spacial score (nSPS) is 20.6. The number of methoxy groups -OCH3 is 1. The lowest BCUT2D eigenvalue weighted by atomic mass is 9.85. The molecule has 5 aromatic rings. The number of anilines is 2. The number of fused-ring (bicyclic) bond motifs is 2. The first-order valence-electron chi connectivity index (χ1n) is 20.7. The number of carbonyl (C=O) groups is 1. The molecule has 2 saturated heterocycles. The number of nitrogens with zero attached hydrogens (tertiary/aromatic N) is 7. The van der Waals surface area contributed by atoms with Gasteiger partial charge in [0, 0.05) is 56.9 Å². The van der Waals surface area contributed by atoms with Crippen molar-refractivity contribution in [1.82, 2.24) is 34.6 Å². The molecule has 0 radical (unpaired) electrons. The predicted octanol–water partition coefficient (Wildman–Crippen LogP) is 7.86. The maximum Gasteiger partial charge on any atom is 0.320 e. The third-order valence-electron chi connectivity index (χ3n) is 11.8. The fourth-order valence-electron chi connectivity index (χ4n) is 8.42. The highest BCUT2D eigenvalue weighted by Gasteiger charge is 2.31. The minimum Gasteiger partial charge on any atom is -0.492 e. The zero-order valence-corrected chi connectivity index (χ0v) is 34.0. The average Bonchev–Trinajstić information content (AvgIpc) is 3.84. The summed E-state index contributed by atoms with van der Waals surface area (Å²) in [5.74, 6) is 2.97. The van der Waals surface area contributed by atoms with Crippen LogP contribution in [0, 0.1) is 0 Å². The molecule has 1 aliphatic carbocycles. The number of amides is 2. The first kappa shape index (κ1) is 38.7. The van der Waals surface area contributed by atoms with Gasteiger partial charge in [-0.3, -0.25) is 14.6 Å². The predicted molar refractivity (Wildman–Crippen MR) is 222 cm³/mol. The number of aromatic nitrogens is 5. The quantitative estimate of drug-likeness (QED) is 0.138. The summed E-state index contributed by atoms with van der Waals surface area (Å²) in [6.07, 6.45) is 9.31. The minimum absolute atomic E-state index is 0.165. The molecule has 3 atom stereocenters. The zero-order valence-electron chi connectivity index (χ0n) is 34.0. The maximum atomic E-state index is 13.8. The molecule has 0 unspecified atom stereocenters. The van der Waals surface area contributed by atoms with E-state index in [-0.39, 0.29) is 23.6 Å². The van der Waals surface area contributed by atoms with Crippen LogP contribution in [0.5, 0.6) is 11.5 Å². The molecule has 57 heavy (non-hydrogen) atoms. The van der Waals surface area contributed by atoms with Crippen LogP contribution in [0.2, 0.25) is 0 Å². The van der Waals surface area contributed by atoms with E-state index >= 15 is 0 Å². The van der Waals surface area contributed by atoms with Crippen molar-refractivity contribution in [1.29, 1.82) is 0 Å². The summed E-state index contributed by atoms with van der Waals surface area (Å²) in [7, 11) is 1.79. The van der Waals surface area contributed by atoms with Gasteiger partial charge in [-0.15, -0.1) is 10.2 Å². The van der Waals surface area contributed by atoms with Gasteiger partial charge in [-0.25, -0.2) is 9.48 Å². The Balaban J connectivity index is 0.945. The van der Waals surface area contributed by atoms with Crippen molar-refractivity contribution in [2.75, 3.05) is 50.1 Å². The smallest absolute Gasteiger partial charge is 0.320 e. The Morgan fingerprint density at radius 3 is 2.49 bits per heavy atom. The van der Waals surface area contributed by atoms with Crippen molar-refractivity contribution in [3.63, 3.8) is 0 Å². The van der Waals surface area contributed by atoms with Crippen molar-refractivity contribution in [2.24, 2.45) is 0 Å². The minimum atomic E-state index is -0.294. The molecule has 2 N–H and O–H groups in total. The van der Waals surface area contributed by atoms with Crippen molar-refractivity contribution in [3.05, 3.63) is 89.7 Å². The first-order valence-corrected chi connectivity index (χ1v) is 20.7. The molecule has 3 aromatic heterocycles. The summed E-state index contributed by atoms with van der Waals surface area (Å²) in [6.45, 7) is 13.1. The highest BCUT2D eigenvalue weighted by Crippen LogP contribution is 2.39. The Morgan fingerprint density at radius 1 is 0.877 bits per heavy atom. The van der Waals surface area contributed by atoms with Gasteiger partial charge in [-0.1, -0.05) is 51.1 Å². The van der Waals surface area contributed by atoms with Crippen LogP contribution in [0.4, 0.5) is 16.6 Å². The second kappa shape index (κ2) is 16.8. The SMILES string of the molecule is COC1CCN(CCOc2cccc(-n3nc(C(C)(C)C)cc3NC(=O)N[C@H]3CC[C@@H](Oc4ccc5nnc(N6CCCC[C@@H]6C)n5c4)c4ccccc43)c2)CC1. The standard InChI is InChI=1S/C44H57N9O4/c1-30-11-8-9-22-51(30)43-48-47-40-19-16-34(29-52(40)43)57-38-18-17-37(35-14-6-7-15-36(35)38)45-42(54)46-41-28-39(44(2,3)4)49-53(41)31-12-10-13-33(27-31)56-26-25-50-23-20-32(55-5)21-24-50/h6-7,10,12-16,19,27-30,32,37-38H,8-9,11,17-18,20-26H2,1-5H3,(H2,45,46,54)/t30-,37-,38+/m0/s1. The number of nitrogens with one attached hydrogen (secondary N) is 2. The molecule has 0 spiro atoms. The number of piperidine rings is 2. The van der Waals surface area contributed by atoms with Crippen LogP contribution in [0.25, 0.3) is 11.3 Å². The van der Waals surface area contributed by atoms with E-state index in [1.165, 1.54) is 6.42 Å². The largest absolute Gasteiger partial charge is 0.492 e. The second-order valence-electron chi connectivity index (χ2n) is 16.8. The van der Waals surface area contributed by atoms with Gasteiger partial charge in [0.2, 0.25) is 5.95 Å². The Kier molecular flexibility index (Phi) is 11.4. The van der Waals surface area contributed by atoms with E-state index in [0.29, 0.717) is 24.6 Å². The monoisotopic (exact) mass is 775 g/mol. The summed E-state index contributed by atoms with van der Waals surface area (Å²) >= 11 is 0. The molecule has 0 bridgehead atoms. The number of benzene rings is 2. The van der Waals surface area contributed by atoms with Crippen LogP contribution in [0.15, 0.2) is 72.9 Å². The van der Waals surface area contributed by atoms with Crippen LogP contribution in [0.1, 0.15) is 102 Å². The third kappa shape index (κ3) is 8.74. The van der Waals surface area contributed by atoms with Crippen LogP contribution < -0.4 is 25.0 Å². The molecule has 302 valence electrons. The lowest BCUT2D eigenvalue weighted by Gasteiger charge is -2.33. The van der Waals surface area contributed by atoms with Gasteiger partial charge >= 0.3 is 6.03 Å². The molecule has 3 aliphatic rings. The highest BCUT2D eigenvalue weighted by molar-refractivity contribution is 5.89. The average molecular weight is 776 g/mol. The molecule has 13 nitrogen and oxygen atoms in total. The molecule has 8 rings (SSSR count). The number of rotatable bonds is 11. The third-order valence-corrected chi connectivity index (χ3v) is 11.8. The summed E-state index contributed by atoms with van der Waals surface area (Å²) in [6, 6.07) is 22.0. The molecule has 2 aliphatic heterocycles. The van der Waals surface area contributed by atoms with Crippen LogP contribution in [-0.4, -0.2) is 87.4 Å². The van der Waals surface area contributed by atoms with Crippen molar-refractivity contribution in [3.8, 4) is 17.2 Å². The number of ether oxygens (including phenoxy) is 3. The van der Waals surface area contributed by atoms with Crippen LogP contribution in [0.3, 0.4) is 0 Å². The van der Waals surface area contributed by atoms with E-state index in [1.807, 2.05) is 65.2 Å². The molecular formula is C44H57N9O4. The number of carbonyl (C=O) groups excluding carboxylic acids is 1. The lowest BCUT2D eigenvalue weighted by Crippen LogP contribution is -2.38. The Morgan fingerprint density at radius 2 is 1.70 bits per heavy atom. The second-order valence-corrected chi connectivity index (χ2v) is 16.8. The topological polar surface area (TPSA) is 123 Å². The Labute approximate surface area is 335 Å². The van der Waals surface area contributed by atoms with E-state index in [4.69, 9.17) is 19.3 Å². The Bertz CT molecular complexity index is 2150. The molecule has 2 amide bonds. The van der Waals surface area contributed by atoms with Gasteiger partial charge in [0.1, 0.15) is 30.0 Å². The van der Waals surface area contributed by atoms with Gasteiger partial charge in [0.15, 0.2) is 5.65 Å². The molecular weight excluding hydrogens is 719 g/mol. The highest BCUT2D eigenvalue weighted by atomic mass is 16.5. The summed E-state index contributed by atoms with van der Waals surface area (Å²) in [4.78, 5) is 18.6. The first-order chi connectivity index (χ1) is 27.6. The summed E-state index contributed by atoms with van der Waals surface area (Å²) in [5, 5.41) is 20.4. The fraction of sp³-hybridized carbons (Fsp3) is 0.500. The Hall–Kier alpha value is -5.14. The van der Waals surface area contributed by atoms with E-state index in [2.05, 4.69) is 70.5 Å². The molecule has 0 saturated carbocycles. The van der Waals surface area contributed by atoms with E-state index in [0.717, 1.165) is 110 Å². The van der Waals surface area contributed by atoms with E-state index in [1.54, 1.807) is 11.8 Å². The van der Waals surface area contributed by atoms with E-state index < -0.39 is 0 Å². The van der Waals surface area contributed by atoms with Gasteiger partial charge in [0.25, 0.3) is 0 Å². The number of pyridine rings is 1. The molecule has 13 heteroatoms. The molecule has 2 aromatic carbocycles. The van der Waals surface area contributed by atoms with Gasteiger partial charge < -0.3 is 24.4 Å². The summed E-state index contributed by atoms with van der Waals surface area (Å²) in [5.41, 5.74) is 4.37. The fourth-order valence-corrected chi connectivity index (χ4v) is 8.42. The van der Waals surface area contributed by atoms with Gasteiger partial charge in [-0.05, 0) is 87.3 Å². The number of hydrogen-bond acceptors (Lipinski definition) is 9. The maximum absolute atomic E-state index is 13.8. The number of hydrogen-bond donors (Lipinski definition) is 2. The summed E-state index contributed by atoms with van der Waals surface area (Å²) < 4.78 is 22.3. The molecule has 2 fully saturated rings. The van der Waals surface area contributed by atoms with Gasteiger partial charge in [0.05, 0.1) is 29.7 Å².